The zero-order chi connectivity index (χ0) is 14.8. The van der Waals surface area contributed by atoms with Crippen molar-refractivity contribution in [2.45, 2.75) is 13.5 Å². The SMILES string of the molecule is Cc1ccccc1-c1cc(N)n(Cc2cccc(Br)c2)n1. The standard InChI is InChI=1S/C17H16BrN3/c1-12-5-2-3-8-15(12)16-10-17(19)21(20-16)11-13-6-4-7-14(18)9-13/h2-10H,11,19H2,1H3. The Morgan fingerprint density at radius 3 is 2.67 bits per heavy atom. The Hall–Kier alpha value is -2.07. The molecule has 0 fully saturated rings. The van der Waals surface area contributed by atoms with E-state index in [0.29, 0.717) is 12.4 Å². The summed E-state index contributed by atoms with van der Waals surface area (Å²) in [6.07, 6.45) is 0. The van der Waals surface area contributed by atoms with Crippen molar-refractivity contribution >= 4 is 21.7 Å². The third-order valence-electron chi connectivity index (χ3n) is 3.45. The molecule has 2 aromatic carbocycles. The molecule has 0 saturated carbocycles. The monoisotopic (exact) mass is 341 g/mol. The van der Waals surface area contributed by atoms with E-state index >= 15 is 0 Å². The Morgan fingerprint density at radius 1 is 1.10 bits per heavy atom. The van der Waals surface area contributed by atoms with Gasteiger partial charge in [0.25, 0.3) is 0 Å². The van der Waals surface area contributed by atoms with E-state index < -0.39 is 0 Å². The van der Waals surface area contributed by atoms with Gasteiger partial charge in [0, 0.05) is 16.1 Å². The van der Waals surface area contributed by atoms with E-state index in [1.807, 2.05) is 35.0 Å². The lowest BCUT2D eigenvalue weighted by Gasteiger charge is -2.05. The summed E-state index contributed by atoms with van der Waals surface area (Å²) in [5, 5.41) is 4.64. The van der Waals surface area contributed by atoms with Crippen molar-refractivity contribution in [1.29, 1.82) is 0 Å². The summed E-state index contributed by atoms with van der Waals surface area (Å²) in [5.74, 6) is 0.674. The molecule has 3 nitrogen and oxygen atoms in total. The maximum atomic E-state index is 6.10. The molecule has 21 heavy (non-hydrogen) atoms. The predicted octanol–water partition coefficient (Wildman–Crippen LogP) is 4.25. The van der Waals surface area contributed by atoms with Gasteiger partial charge >= 0.3 is 0 Å². The molecule has 0 aliphatic carbocycles. The molecule has 0 unspecified atom stereocenters. The molecule has 3 aromatic rings. The van der Waals surface area contributed by atoms with Gasteiger partial charge < -0.3 is 5.73 Å². The first-order chi connectivity index (χ1) is 10.1. The van der Waals surface area contributed by atoms with Crippen molar-refractivity contribution in [2.75, 3.05) is 5.73 Å². The van der Waals surface area contributed by atoms with E-state index in [4.69, 9.17) is 5.73 Å². The molecule has 2 N–H and O–H groups in total. The van der Waals surface area contributed by atoms with Gasteiger partial charge in [0.15, 0.2) is 0 Å². The first-order valence-corrected chi connectivity index (χ1v) is 7.56. The Balaban J connectivity index is 1.93. The topological polar surface area (TPSA) is 43.8 Å². The number of nitrogens with zero attached hydrogens (tertiary/aromatic N) is 2. The van der Waals surface area contributed by atoms with Crippen molar-refractivity contribution in [2.24, 2.45) is 0 Å². The number of aryl methyl sites for hydroxylation is 1. The summed E-state index contributed by atoms with van der Waals surface area (Å²) in [6.45, 7) is 2.75. The molecule has 1 aromatic heterocycles. The first kappa shape index (κ1) is 13.9. The third kappa shape index (κ3) is 3.00. The molecular weight excluding hydrogens is 326 g/mol. The number of anilines is 1. The Bertz CT molecular complexity index is 777. The Kier molecular flexibility index (Phi) is 3.80. The minimum atomic E-state index is 0.664. The molecule has 0 amide bonds. The summed E-state index contributed by atoms with van der Waals surface area (Å²) in [6, 6.07) is 18.3. The summed E-state index contributed by atoms with van der Waals surface area (Å²) in [5.41, 5.74) is 10.5. The van der Waals surface area contributed by atoms with Gasteiger partial charge in [-0.15, -0.1) is 0 Å². The molecule has 106 valence electrons. The molecule has 0 aliphatic rings. The van der Waals surface area contributed by atoms with Crippen LogP contribution < -0.4 is 5.73 Å². The fraction of sp³-hybridized carbons (Fsp3) is 0.118. The van der Waals surface area contributed by atoms with Crippen LogP contribution in [0, 0.1) is 6.92 Å². The summed E-state index contributed by atoms with van der Waals surface area (Å²) in [7, 11) is 0. The van der Waals surface area contributed by atoms with E-state index in [9.17, 15) is 0 Å². The number of nitrogens with two attached hydrogens (primary N) is 1. The minimum absolute atomic E-state index is 0.664. The highest BCUT2D eigenvalue weighted by Gasteiger charge is 2.09. The number of rotatable bonds is 3. The van der Waals surface area contributed by atoms with Crippen LogP contribution in [0.25, 0.3) is 11.3 Å². The van der Waals surface area contributed by atoms with Gasteiger partial charge in [-0.25, -0.2) is 4.68 Å². The molecule has 0 saturated heterocycles. The van der Waals surface area contributed by atoms with Gasteiger partial charge in [-0.05, 0) is 30.2 Å². The molecule has 4 heteroatoms. The van der Waals surface area contributed by atoms with Crippen LogP contribution in [0.2, 0.25) is 0 Å². The fourth-order valence-corrected chi connectivity index (χ4v) is 2.80. The van der Waals surface area contributed by atoms with Crippen LogP contribution in [0.4, 0.5) is 5.82 Å². The van der Waals surface area contributed by atoms with Crippen molar-refractivity contribution in [1.82, 2.24) is 9.78 Å². The van der Waals surface area contributed by atoms with Gasteiger partial charge in [0.05, 0.1) is 12.2 Å². The predicted molar refractivity (Wildman–Crippen MR) is 90.1 cm³/mol. The number of nitrogen functional groups attached to an aromatic ring is 1. The minimum Gasteiger partial charge on any atom is -0.384 e. The number of aromatic nitrogens is 2. The second-order valence-corrected chi connectivity index (χ2v) is 5.97. The van der Waals surface area contributed by atoms with E-state index in [2.05, 4.69) is 52.2 Å². The maximum Gasteiger partial charge on any atom is 0.122 e. The van der Waals surface area contributed by atoms with Crippen molar-refractivity contribution in [3.63, 3.8) is 0 Å². The summed E-state index contributed by atoms with van der Waals surface area (Å²) >= 11 is 3.48. The quantitative estimate of drug-likeness (QED) is 0.773. The molecule has 0 bridgehead atoms. The highest BCUT2D eigenvalue weighted by molar-refractivity contribution is 9.10. The highest BCUT2D eigenvalue weighted by atomic mass is 79.9. The van der Waals surface area contributed by atoms with Crippen LogP contribution in [0.3, 0.4) is 0 Å². The smallest absolute Gasteiger partial charge is 0.122 e. The highest BCUT2D eigenvalue weighted by Crippen LogP contribution is 2.24. The second-order valence-electron chi connectivity index (χ2n) is 5.06. The lowest BCUT2D eigenvalue weighted by molar-refractivity contribution is 0.699. The van der Waals surface area contributed by atoms with Crippen LogP contribution in [-0.2, 0) is 6.54 Å². The van der Waals surface area contributed by atoms with Crippen LogP contribution in [0.1, 0.15) is 11.1 Å². The number of hydrogen-bond donors (Lipinski definition) is 1. The second kappa shape index (κ2) is 5.74. The van der Waals surface area contributed by atoms with E-state index in [0.717, 1.165) is 21.3 Å². The van der Waals surface area contributed by atoms with Gasteiger partial charge in [-0.2, -0.15) is 5.10 Å². The Morgan fingerprint density at radius 2 is 1.90 bits per heavy atom. The Labute approximate surface area is 132 Å². The molecule has 0 radical (unpaired) electrons. The molecule has 0 spiro atoms. The van der Waals surface area contributed by atoms with E-state index in [1.54, 1.807) is 0 Å². The first-order valence-electron chi connectivity index (χ1n) is 6.77. The van der Waals surface area contributed by atoms with Crippen LogP contribution >= 0.6 is 15.9 Å². The number of halogens is 1. The lowest BCUT2D eigenvalue weighted by atomic mass is 10.1. The van der Waals surface area contributed by atoms with Crippen molar-refractivity contribution in [3.8, 4) is 11.3 Å². The van der Waals surface area contributed by atoms with Crippen LogP contribution in [0.15, 0.2) is 59.1 Å². The lowest BCUT2D eigenvalue weighted by Crippen LogP contribution is -2.05. The third-order valence-corrected chi connectivity index (χ3v) is 3.95. The van der Waals surface area contributed by atoms with Gasteiger partial charge in [-0.1, -0.05) is 52.3 Å². The van der Waals surface area contributed by atoms with Crippen molar-refractivity contribution < 1.29 is 0 Å². The average Bonchev–Trinajstić information content (AvgIpc) is 2.80. The fourth-order valence-electron chi connectivity index (χ4n) is 2.36. The number of hydrogen-bond acceptors (Lipinski definition) is 2. The van der Waals surface area contributed by atoms with Gasteiger partial charge in [0.1, 0.15) is 5.82 Å². The van der Waals surface area contributed by atoms with Crippen LogP contribution in [-0.4, -0.2) is 9.78 Å². The normalized spacial score (nSPS) is 10.8. The molecule has 1 heterocycles. The summed E-state index contributed by atoms with van der Waals surface area (Å²) < 4.78 is 2.90. The molecule has 0 atom stereocenters. The zero-order valence-electron chi connectivity index (χ0n) is 11.8. The van der Waals surface area contributed by atoms with Gasteiger partial charge in [0.2, 0.25) is 0 Å². The van der Waals surface area contributed by atoms with Gasteiger partial charge in [-0.3, -0.25) is 0 Å². The molecule has 3 rings (SSSR count). The van der Waals surface area contributed by atoms with Crippen molar-refractivity contribution in [3.05, 3.63) is 70.2 Å². The number of benzene rings is 2. The van der Waals surface area contributed by atoms with E-state index in [-0.39, 0.29) is 0 Å². The zero-order valence-corrected chi connectivity index (χ0v) is 13.3. The molecule has 0 aliphatic heterocycles. The summed E-state index contributed by atoms with van der Waals surface area (Å²) in [4.78, 5) is 0. The van der Waals surface area contributed by atoms with E-state index in [1.165, 1.54) is 5.56 Å². The maximum absolute atomic E-state index is 6.10. The average molecular weight is 342 g/mol. The largest absolute Gasteiger partial charge is 0.384 e. The molecular formula is C17H16BrN3. The van der Waals surface area contributed by atoms with Crippen LogP contribution in [0.5, 0.6) is 0 Å².